The van der Waals surface area contributed by atoms with Crippen molar-refractivity contribution in [3.63, 3.8) is 0 Å². The number of thioether (sulfide) groups is 1. The van der Waals surface area contributed by atoms with E-state index in [0.717, 1.165) is 53.0 Å². The van der Waals surface area contributed by atoms with Crippen molar-refractivity contribution < 1.29 is 4.79 Å². The van der Waals surface area contributed by atoms with Crippen LogP contribution >= 0.6 is 23.1 Å². The first-order chi connectivity index (χ1) is 13.7. The Morgan fingerprint density at radius 1 is 1.29 bits per heavy atom. The third kappa shape index (κ3) is 3.04. The highest BCUT2D eigenvalue weighted by molar-refractivity contribution is 8.00. The molecule has 28 heavy (non-hydrogen) atoms. The number of hydrogen-bond donors (Lipinski definition) is 0. The number of likely N-dealkylation sites (tertiary alicyclic amines) is 1. The maximum absolute atomic E-state index is 12.0. The van der Waals surface area contributed by atoms with Crippen molar-refractivity contribution >= 4 is 50.9 Å². The zero-order chi connectivity index (χ0) is 19.1. The lowest BCUT2D eigenvalue weighted by atomic mass is 9.98. The summed E-state index contributed by atoms with van der Waals surface area (Å²) in [6.45, 7) is 2.61. The molecule has 2 aliphatic rings. The molecule has 2 aliphatic heterocycles. The van der Waals surface area contributed by atoms with E-state index in [1.54, 1.807) is 29.4 Å². The number of benzene rings is 1. The van der Waals surface area contributed by atoms with Gasteiger partial charge in [0, 0.05) is 37.7 Å². The fourth-order valence-corrected chi connectivity index (χ4v) is 5.71. The van der Waals surface area contributed by atoms with Gasteiger partial charge in [-0.1, -0.05) is 30.0 Å². The van der Waals surface area contributed by atoms with Crippen LogP contribution < -0.4 is 4.90 Å². The van der Waals surface area contributed by atoms with Crippen LogP contribution in [-0.2, 0) is 4.79 Å². The molecule has 0 radical (unpaired) electrons. The second-order valence-electron chi connectivity index (χ2n) is 7.17. The Morgan fingerprint density at radius 3 is 3.00 bits per heavy atom. The number of rotatable bonds is 5. The highest BCUT2D eigenvalue weighted by Gasteiger charge is 2.32. The number of hydrogen-bond acceptors (Lipinski definition) is 7. The molecule has 4 heterocycles. The maximum atomic E-state index is 12.0. The SMILES string of the molecule is CSc1nc2ncnc(N3CC(CCN4CCCC4=O)c4ccccc43)c2s1. The van der Waals surface area contributed by atoms with E-state index in [1.807, 2.05) is 11.2 Å². The molecular formula is C20H21N5OS2. The zero-order valence-electron chi connectivity index (χ0n) is 15.7. The average molecular weight is 412 g/mol. The normalized spacial score (nSPS) is 19.0. The highest BCUT2D eigenvalue weighted by Crippen LogP contribution is 2.44. The summed E-state index contributed by atoms with van der Waals surface area (Å²) in [4.78, 5) is 29.9. The number of fused-ring (bicyclic) bond motifs is 2. The van der Waals surface area contributed by atoms with Crippen molar-refractivity contribution in [2.45, 2.75) is 29.5 Å². The molecule has 1 saturated heterocycles. The molecule has 5 rings (SSSR count). The fraction of sp³-hybridized carbons (Fsp3) is 0.400. The number of amides is 1. The molecule has 8 heteroatoms. The summed E-state index contributed by atoms with van der Waals surface area (Å²) in [5.74, 6) is 1.63. The van der Waals surface area contributed by atoms with Gasteiger partial charge in [-0.3, -0.25) is 4.79 Å². The van der Waals surface area contributed by atoms with E-state index in [4.69, 9.17) is 0 Å². The highest BCUT2D eigenvalue weighted by atomic mass is 32.2. The minimum absolute atomic E-state index is 0.301. The van der Waals surface area contributed by atoms with Gasteiger partial charge in [-0.05, 0) is 30.7 Å². The summed E-state index contributed by atoms with van der Waals surface area (Å²) in [7, 11) is 0. The van der Waals surface area contributed by atoms with Crippen molar-refractivity contribution in [1.82, 2.24) is 19.9 Å². The number of aromatic nitrogens is 3. The standard InChI is InChI=1S/C20H21N5OS2/c1-27-20-23-18-17(28-20)19(22-12-21-18)25-11-13(14-5-2-3-6-15(14)25)8-10-24-9-4-7-16(24)26/h2-3,5-6,12-13H,4,7-11H2,1H3. The van der Waals surface area contributed by atoms with Gasteiger partial charge in [0.2, 0.25) is 5.91 Å². The third-order valence-electron chi connectivity index (χ3n) is 5.57. The van der Waals surface area contributed by atoms with Crippen molar-refractivity contribution in [2.24, 2.45) is 0 Å². The largest absolute Gasteiger partial charge is 0.343 e. The van der Waals surface area contributed by atoms with Crippen molar-refractivity contribution in [3.8, 4) is 0 Å². The molecule has 1 aromatic carbocycles. The molecule has 6 nitrogen and oxygen atoms in total. The number of carbonyl (C=O) groups excluding carboxylic acids is 1. The Kier molecular flexibility index (Phi) is 4.68. The molecule has 144 valence electrons. The lowest BCUT2D eigenvalue weighted by Gasteiger charge is -2.20. The van der Waals surface area contributed by atoms with Crippen LogP contribution in [0.1, 0.15) is 30.7 Å². The molecule has 1 unspecified atom stereocenters. The van der Waals surface area contributed by atoms with Crippen LogP contribution in [0, 0.1) is 0 Å². The number of anilines is 2. The minimum atomic E-state index is 0.301. The second-order valence-corrected chi connectivity index (χ2v) is 9.23. The predicted molar refractivity (Wildman–Crippen MR) is 114 cm³/mol. The van der Waals surface area contributed by atoms with Crippen molar-refractivity contribution in [1.29, 1.82) is 0 Å². The van der Waals surface area contributed by atoms with Crippen LogP contribution in [0.4, 0.5) is 11.5 Å². The van der Waals surface area contributed by atoms with Gasteiger partial charge < -0.3 is 9.80 Å². The molecule has 0 N–H and O–H groups in total. The molecule has 0 spiro atoms. The Labute approximate surface area is 172 Å². The number of carbonyl (C=O) groups is 1. The van der Waals surface area contributed by atoms with Crippen molar-refractivity contribution in [3.05, 3.63) is 36.2 Å². The van der Waals surface area contributed by atoms with Crippen molar-refractivity contribution in [2.75, 3.05) is 30.8 Å². The summed E-state index contributed by atoms with van der Waals surface area (Å²) in [5.41, 5.74) is 3.32. The summed E-state index contributed by atoms with van der Waals surface area (Å²) >= 11 is 3.29. The van der Waals surface area contributed by atoms with Gasteiger partial charge in [0.1, 0.15) is 11.0 Å². The fourth-order valence-electron chi connectivity index (χ4n) is 4.20. The molecule has 1 atom stereocenters. The quantitative estimate of drug-likeness (QED) is 0.590. The number of nitrogens with zero attached hydrogens (tertiary/aromatic N) is 5. The van der Waals surface area contributed by atoms with Gasteiger partial charge >= 0.3 is 0 Å². The average Bonchev–Trinajstić information content (AvgIpc) is 3.42. The predicted octanol–water partition coefficient (Wildman–Crippen LogP) is 4.06. The van der Waals surface area contributed by atoms with Gasteiger partial charge in [0.05, 0.1) is 0 Å². The topological polar surface area (TPSA) is 62.2 Å². The summed E-state index contributed by atoms with van der Waals surface area (Å²) in [5, 5.41) is 0. The van der Waals surface area contributed by atoms with E-state index < -0.39 is 0 Å². The minimum Gasteiger partial charge on any atom is -0.343 e. The molecule has 1 amide bonds. The summed E-state index contributed by atoms with van der Waals surface area (Å²) in [6, 6.07) is 8.56. The molecule has 0 bridgehead atoms. The van der Waals surface area contributed by atoms with Crippen LogP contribution in [0.2, 0.25) is 0 Å². The van der Waals surface area contributed by atoms with E-state index >= 15 is 0 Å². The van der Waals surface area contributed by atoms with E-state index in [1.165, 1.54) is 11.3 Å². The van der Waals surface area contributed by atoms with Crippen LogP contribution in [0.3, 0.4) is 0 Å². The lowest BCUT2D eigenvalue weighted by Crippen LogP contribution is -2.27. The third-order valence-corrected chi connectivity index (χ3v) is 7.60. The molecule has 3 aromatic rings. The van der Waals surface area contributed by atoms with E-state index in [0.29, 0.717) is 18.2 Å². The molecule has 0 aliphatic carbocycles. The first-order valence-electron chi connectivity index (χ1n) is 9.54. The van der Waals surface area contributed by atoms with Crippen LogP contribution in [-0.4, -0.2) is 51.6 Å². The second kappa shape index (κ2) is 7.33. The zero-order valence-corrected chi connectivity index (χ0v) is 17.3. The molecule has 0 saturated carbocycles. The van der Waals surface area contributed by atoms with Gasteiger partial charge in [-0.15, -0.1) is 11.3 Å². The first kappa shape index (κ1) is 17.9. The first-order valence-corrected chi connectivity index (χ1v) is 11.6. The van der Waals surface area contributed by atoms with Gasteiger partial charge in [0.15, 0.2) is 15.8 Å². The van der Waals surface area contributed by atoms with Crippen LogP contribution in [0.15, 0.2) is 34.9 Å². The summed E-state index contributed by atoms with van der Waals surface area (Å²) < 4.78 is 2.05. The Hall–Kier alpha value is -2.19. The Balaban J connectivity index is 1.46. The van der Waals surface area contributed by atoms with Gasteiger partial charge in [-0.25, -0.2) is 15.0 Å². The monoisotopic (exact) mass is 411 g/mol. The summed E-state index contributed by atoms with van der Waals surface area (Å²) in [6.07, 6.45) is 6.32. The van der Waals surface area contributed by atoms with Crippen LogP contribution in [0.25, 0.3) is 10.3 Å². The van der Waals surface area contributed by atoms with E-state index in [2.05, 4.69) is 44.1 Å². The Bertz CT molecular complexity index is 1040. The maximum Gasteiger partial charge on any atom is 0.222 e. The molecule has 2 aromatic heterocycles. The van der Waals surface area contributed by atoms with E-state index in [-0.39, 0.29) is 0 Å². The van der Waals surface area contributed by atoms with Gasteiger partial charge in [-0.2, -0.15) is 0 Å². The Morgan fingerprint density at radius 2 is 2.18 bits per heavy atom. The van der Waals surface area contributed by atoms with E-state index in [9.17, 15) is 4.79 Å². The lowest BCUT2D eigenvalue weighted by molar-refractivity contribution is -0.127. The number of para-hydroxylation sites is 1. The molecular weight excluding hydrogens is 390 g/mol. The van der Waals surface area contributed by atoms with Gasteiger partial charge in [0.25, 0.3) is 0 Å². The smallest absolute Gasteiger partial charge is 0.222 e. The molecule has 1 fully saturated rings. The number of thiazole rings is 1. The van der Waals surface area contributed by atoms with Crippen LogP contribution in [0.5, 0.6) is 0 Å².